The van der Waals surface area contributed by atoms with E-state index in [0.717, 1.165) is 31.7 Å². The van der Waals surface area contributed by atoms with E-state index in [9.17, 15) is 4.79 Å². The van der Waals surface area contributed by atoms with E-state index in [1.165, 1.54) is 12.5 Å². The fourth-order valence-corrected chi connectivity index (χ4v) is 1.13. The largest absolute Gasteiger partial charge is 0.463 e. The van der Waals surface area contributed by atoms with Crippen LogP contribution >= 0.6 is 0 Å². The van der Waals surface area contributed by atoms with Crippen molar-refractivity contribution in [2.75, 3.05) is 13.2 Å². The summed E-state index contributed by atoms with van der Waals surface area (Å²) in [5.41, 5.74) is 0. The summed E-state index contributed by atoms with van der Waals surface area (Å²) >= 11 is 0. The first kappa shape index (κ1) is 14.9. The van der Waals surface area contributed by atoms with Crippen LogP contribution in [0.15, 0.2) is 17.6 Å². The van der Waals surface area contributed by atoms with Crippen molar-refractivity contribution in [3.63, 3.8) is 0 Å². The highest BCUT2D eigenvalue weighted by molar-refractivity contribution is 5.81. The molecular formula is C13H23NO2. The first-order valence-electron chi connectivity index (χ1n) is 5.94. The summed E-state index contributed by atoms with van der Waals surface area (Å²) in [6, 6.07) is 0. The second kappa shape index (κ2) is 10.4. The summed E-state index contributed by atoms with van der Waals surface area (Å²) in [4.78, 5) is 15.0. The lowest BCUT2D eigenvalue weighted by atomic mass is 10.1. The van der Waals surface area contributed by atoms with E-state index in [1.807, 2.05) is 6.21 Å². The SMILES string of the molecule is C=CC(=O)OCCCCN=CCCC(C)C. The second-order valence-corrected chi connectivity index (χ2v) is 4.14. The minimum atomic E-state index is -0.347. The van der Waals surface area contributed by atoms with Crippen LogP contribution < -0.4 is 0 Å². The normalized spacial score (nSPS) is 10.9. The molecule has 0 atom stereocenters. The average Bonchev–Trinajstić information content (AvgIpc) is 2.26. The molecule has 0 N–H and O–H groups in total. The van der Waals surface area contributed by atoms with Gasteiger partial charge in [-0.1, -0.05) is 20.4 Å². The van der Waals surface area contributed by atoms with Gasteiger partial charge in [-0.3, -0.25) is 4.99 Å². The maximum absolute atomic E-state index is 10.7. The van der Waals surface area contributed by atoms with Gasteiger partial charge in [0.1, 0.15) is 0 Å². The lowest BCUT2D eigenvalue weighted by Gasteiger charge is -2.00. The zero-order valence-corrected chi connectivity index (χ0v) is 10.4. The highest BCUT2D eigenvalue weighted by Crippen LogP contribution is 2.01. The second-order valence-electron chi connectivity index (χ2n) is 4.14. The van der Waals surface area contributed by atoms with Gasteiger partial charge in [0.15, 0.2) is 0 Å². The van der Waals surface area contributed by atoms with Crippen LogP contribution in [0.4, 0.5) is 0 Å². The number of carbonyl (C=O) groups excluding carboxylic acids is 1. The molecule has 0 aromatic carbocycles. The molecule has 0 rings (SSSR count). The van der Waals surface area contributed by atoms with Gasteiger partial charge in [-0.2, -0.15) is 0 Å². The van der Waals surface area contributed by atoms with Crippen LogP contribution in [0.3, 0.4) is 0 Å². The first-order valence-corrected chi connectivity index (χ1v) is 5.94. The van der Waals surface area contributed by atoms with Crippen molar-refractivity contribution in [3.8, 4) is 0 Å². The summed E-state index contributed by atoms with van der Waals surface area (Å²) < 4.78 is 4.84. The molecular weight excluding hydrogens is 202 g/mol. The maximum atomic E-state index is 10.7. The molecule has 0 aliphatic carbocycles. The lowest BCUT2D eigenvalue weighted by molar-refractivity contribution is -0.137. The molecule has 0 aliphatic heterocycles. The molecule has 0 heterocycles. The summed E-state index contributed by atoms with van der Waals surface area (Å²) in [5.74, 6) is 0.394. The van der Waals surface area contributed by atoms with E-state index in [4.69, 9.17) is 4.74 Å². The molecule has 0 spiro atoms. The van der Waals surface area contributed by atoms with Crippen molar-refractivity contribution in [2.24, 2.45) is 10.9 Å². The van der Waals surface area contributed by atoms with Gasteiger partial charge in [-0.15, -0.1) is 0 Å². The molecule has 3 nitrogen and oxygen atoms in total. The highest BCUT2D eigenvalue weighted by atomic mass is 16.5. The van der Waals surface area contributed by atoms with E-state index in [1.54, 1.807) is 0 Å². The zero-order chi connectivity index (χ0) is 12.2. The third-order valence-corrected chi connectivity index (χ3v) is 2.09. The van der Waals surface area contributed by atoms with Gasteiger partial charge >= 0.3 is 5.97 Å². The molecule has 0 saturated carbocycles. The number of hydrogen-bond donors (Lipinski definition) is 0. The maximum Gasteiger partial charge on any atom is 0.330 e. The quantitative estimate of drug-likeness (QED) is 0.262. The Morgan fingerprint density at radius 3 is 2.81 bits per heavy atom. The van der Waals surface area contributed by atoms with Crippen molar-refractivity contribution in [1.82, 2.24) is 0 Å². The Hall–Kier alpha value is -1.12. The number of rotatable bonds is 9. The van der Waals surface area contributed by atoms with Crippen molar-refractivity contribution in [3.05, 3.63) is 12.7 Å². The summed E-state index contributed by atoms with van der Waals surface area (Å²) in [6.07, 6.45) is 7.26. The van der Waals surface area contributed by atoms with Gasteiger partial charge in [0, 0.05) is 12.6 Å². The minimum Gasteiger partial charge on any atom is -0.463 e. The third kappa shape index (κ3) is 11.0. The average molecular weight is 225 g/mol. The van der Waals surface area contributed by atoms with Crippen LogP contribution in [0.1, 0.15) is 39.5 Å². The standard InChI is InChI=1S/C13H23NO2/c1-4-13(15)16-11-6-5-9-14-10-7-8-12(2)3/h4,10,12H,1,5-9,11H2,2-3H3. The Labute approximate surface area is 98.6 Å². The summed E-state index contributed by atoms with van der Waals surface area (Å²) in [6.45, 7) is 9.03. The van der Waals surface area contributed by atoms with Crippen LogP contribution in [-0.4, -0.2) is 25.3 Å². The third-order valence-electron chi connectivity index (χ3n) is 2.09. The predicted molar refractivity (Wildman–Crippen MR) is 67.8 cm³/mol. The van der Waals surface area contributed by atoms with E-state index >= 15 is 0 Å². The number of carbonyl (C=O) groups is 1. The molecule has 16 heavy (non-hydrogen) atoms. The number of nitrogens with zero attached hydrogens (tertiary/aromatic N) is 1. The predicted octanol–water partition coefficient (Wildman–Crippen LogP) is 3.00. The number of unbranched alkanes of at least 4 members (excludes halogenated alkanes) is 1. The molecule has 0 radical (unpaired) electrons. The van der Waals surface area contributed by atoms with Gasteiger partial charge in [-0.05, 0) is 37.8 Å². The Balaban J connectivity index is 3.20. The van der Waals surface area contributed by atoms with E-state index in [-0.39, 0.29) is 5.97 Å². The monoisotopic (exact) mass is 225 g/mol. The Bertz CT molecular complexity index is 222. The molecule has 0 unspecified atom stereocenters. The van der Waals surface area contributed by atoms with E-state index in [0.29, 0.717) is 6.61 Å². The smallest absolute Gasteiger partial charge is 0.330 e. The first-order chi connectivity index (χ1) is 7.66. The molecule has 92 valence electrons. The fraction of sp³-hybridized carbons (Fsp3) is 0.692. The van der Waals surface area contributed by atoms with Gasteiger partial charge < -0.3 is 4.74 Å². The van der Waals surface area contributed by atoms with Crippen LogP contribution in [-0.2, 0) is 9.53 Å². The van der Waals surface area contributed by atoms with Crippen LogP contribution in [0, 0.1) is 5.92 Å². The molecule has 0 amide bonds. The Morgan fingerprint density at radius 1 is 1.44 bits per heavy atom. The van der Waals surface area contributed by atoms with Crippen LogP contribution in [0.25, 0.3) is 0 Å². The van der Waals surface area contributed by atoms with Crippen molar-refractivity contribution >= 4 is 12.2 Å². The fourth-order valence-electron chi connectivity index (χ4n) is 1.13. The number of aliphatic imine (C=N–C) groups is 1. The minimum absolute atomic E-state index is 0.347. The molecule has 0 aromatic rings. The van der Waals surface area contributed by atoms with E-state index < -0.39 is 0 Å². The summed E-state index contributed by atoms with van der Waals surface area (Å²) in [5, 5.41) is 0. The van der Waals surface area contributed by atoms with Gasteiger partial charge in [-0.25, -0.2) is 4.79 Å². The van der Waals surface area contributed by atoms with Crippen LogP contribution in [0.5, 0.6) is 0 Å². The number of esters is 1. The lowest BCUT2D eigenvalue weighted by Crippen LogP contribution is -2.02. The van der Waals surface area contributed by atoms with E-state index in [2.05, 4.69) is 25.4 Å². The van der Waals surface area contributed by atoms with Gasteiger partial charge in [0.2, 0.25) is 0 Å². The molecule has 0 fully saturated rings. The molecule has 0 aliphatic rings. The summed E-state index contributed by atoms with van der Waals surface area (Å²) in [7, 11) is 0. The molecule has 0 saturated heterocycles. The molecule has 0 bridgehead atoms. The van der Waals surface area contributed by atoms with Gasteiger partial charge in [0.05, 0.1) is 6.61 Å². The van der Waals surface area contributed by atoms with Crippen LogP contribution in [0.2, 0.25) is 0 Å². The topological polar surface area (TPSA) is 38.7 Å². The highest BCUT2D eigenvalue weighted by Gasteiger charge is 1.94. The van der Waals surface area contributed by atoms with Crippen molar-refractivity contribution in [2.45, 2.75) is 39.5 Å². The molecule has 3 heteroatoms. The van der Waals surface area contributed by atoms with Crippen molar-refractivity contribution < 1.29 is 9.53 Å². The number of ether oxygens (including phenoxy) is 1. The zero-order valence-electron chi connectivity index (χ0n) is 10.4. The number of hydrogen-bond acceptors (Lipinski definition) is 3. The van der Waals surface area contributed by atoms with Crippen molar-refractivity contribution in [1.29, 1.82) is 0 Å². The van der Waals surface area contributed by atoms with Gasteiger partial charge in [0.25, 0.3) is 0 Å². The Kier molecular flexibility index (Phi) is 9.67. The molecule has 0 aromatic heterocycles. The Morgan fingerprint density at radius 2 is 2.19 bits per heavy atom.